The Hall–Kier alpha value is -3.60. The van der Waals surface area contributed by atoms with Gasteiger partial charge in [-0.15, -0.1) is 0 Å². The lowest BCUT2D eigenvalue weighted by Crippen LogP contribution is -2.32. The molecule has 0 aliphatic heterocycles. The normalized spacial score (nSPS) is 13.7. The largest absolute Gasteiger partial charge is 0.397 e. The molecule has 0 spiro atoms. The summed E-state index contributed by atoms with van der Waals surface area (Å²) < 4.78 is 17.1. The second-order valence-electron chi connectivity index (χ2n) is 8.57. The number of nitrogen functional groups attached to an aromatic ring is 2. The van der Waals surface area contributed by atoms with Gasteiger partial charge in [0.05, 0.1) is 71.5 Å². The summed E-state index contributed by atoms with van der Waals surface area (Å²) in [6.07, 6.45) is -0.291. The van der Waals surface area contributed by atoms with E-state index in [1.165, 1.54) is 12.1 Å². The predicted molar refractivity (Wildman–Crippen MR) is 136 cm³/mol. The maximum absolute atomic E-state index is 13.3. The highest BCUT2D eigenvalue weighted by Crippen LogP contribution is 2.31. The number of anilines is 2. The van der Waals surface area contributed by atoms with Crippen LogP contribution in [-0.4, -0.2) is 44.2 Å². The van der Waals surface area contributed by atoms with Gasteiger partial charge in [-0.3, -0.25) is 23.7 Å². The molecule has 4 rings (SSSR count). The Morgan fingerprint density at radius 3 is 1.80 bits per heavy atom. The molecule has 0 saturated heterocycles. The van der Waals surface area contributed by atoms with E-state index < -0.39 is 28.0 Å². The molecular formula is C25H27N3O7. The highest BCUT2D eigenvalue weighted by Gasteiger charge is 2.27. The molecule has 0 saturated carbocycles. The fraction of sp³-hybridized carbons (Fsp3) is 0.360. The number of fused-ring (bicyclic) bond motifs is 3. The minimum atomic E-state index is -0.684. The molecule has 3 aromatic carbocycles. The molecule has 10 heteroatoms. The van der Waals surface area contributed by atoms with E-state index in [4.69, 9.17) is 25.7 Å². The van der Waals surface area contributed by atoms with Crippen molar-refractivity contribution in [1.29, 1.82) is 0 Å². The van der Waals surface area contributed by atoms with Gasteiger partial charge in [0.15, 0.2) is 10.9 Å². The van der Waals surface area contributed by atoms with Gasteiger partial charge in [-0.25, -0.2) is 0 Å². The zero-order valence-corrected chi connectivity index (χ0v) is 19.8. The number of ether oxygens (including phenoxy) is 3. The number of hydrogen-bond acceptors (Lipinski definition) is 9. The third-order valence-electron chi connectivity index (χ3n) is 6.16. The van der Waals surface area contributed by atoms with Crippen LogP contribution in [-0.2, 0) is 14.2 Å². The first kappa shape index (κ1) is 24.5. The average molecular weight is 482 g/mol. The van der Waals surface area contributed by atoms with Gasteiger partial charge in [0.1, 0.15) is 0 Å². The van der Waals surface area contributed by atoms with Crippen molar-refractivity contribution in [2.24, 2.45) is 0 Å². The molecule has 0 bridgehead atoms. The van der Waals surface area contributed by atoms with E-state index >= 15 is 0 Å². The van der Waals surface area contributed by atoms with Crippen LogP contribution in [0.1, 0.15) is 19.9 Å². The van der Waals surface area contributed by atoms with Gasteiger partial charge >= 0.3 is 0 Å². The molecule has 35 heavy (non-hydrogen) atoms. The highest BCUT2D eigenvalue weighted by molar-refractivity contribution is 6.20. The third kappa shape index (κ3) is 3.99. The molecule has 0 amide bonds. The first-order valence-electron chi connectivity index (χ1n) is 11.2. The molecule has 2 unspecified atom stereocenters. The third-order valence-corrected chi connectivity index (χ3v) is 6.16. The minimum absolute atomic E-state index is 0.0447. The molecule has 1 aromatic heterocycles. The lowest BCUT2D eigenvalue weighted by atomic mass is 9.97. The van der Waals surface area contributed by atoms with Crippen LogP contribution in [0.3, 0.4) is 0 Å². The summed E-state index contributed by atoms with van der Waals surface area (Å²) in [6.45, 7) is 4.70. The number of aromatic nitrogens is 1. The van der Waals surface area contributed by atoms with E-state index in [1.807, 2.05) is 0 Å². The van der Waals surface area contributed by atoms with E-state index in [1.54, 1.807) is 33.1 Å². The van der Waals surface area contributed by atoms with Crippen LogP contribution < -0.4 is 33.4 Å². The van der Waals surface area contributed by atoms with Gasteiger partial charge in [0, 0.05) is 17.9 Å². The minimum Gasteiger partial charge on any atom is -0.397 e. The number of benzene rings is 3. The molecule has 4 aromatic rings. The Labute approximate surface area is 199 Å². The Morgan fingerprint density at radius 2 is 1.31 bits per heavy atom. The van der Waals surface area contributed by atoms with Gasteiger partial charge in [0.25, 0.3) is 11.1 Å². The molecule has 4 N–H and O–H groups in total. The van der Waals surface area contributed by atoms with Gasteiger partial charge in [-0.05, 0) is 13.8 Å². The Bertz CT molecular complexity index is 1530. The first-order valence-corrected chi connectivity index (χ1v) is 11.2. The van der Waals surface area contributed by atoms with Crippen molar-refractivity contribution in [2.75, 3.05) is 45.0 Å². The van der Waals surface area contributed by atoms with Crippen LogP contribution in [0, 0.1) is 0 Å². The summed E-state index contributed by atoms with van der Waals surface area (Å²) >= 11 is 0. The molecule has 0 aliphatic rings. The highest BCUT2D eigenvalue weighted by atomic mass is 16.5. The fourth-order valence-corrected chi connectivity index (χ4v) is 4.40. The summed E-state index contributed by atoms with van der Waals surface area (Å²) in [7, 11) is 1.58. The van der Waals surface area contributed by atoms with Crippen molar-refractivity contribution in [2.45, 2.75) is 26.0 Å². The maximum atomic E-state index is 13.3. The van der Waals surface area contributed by atoms with Crippen molar-refractivity contribution < 1.29 is 14.2 Å². The van der Waals surface area contributed by atoms with E-state index in [9.17, 15) is 19.2 Å². The topological polar surface area (TPSA) is 153 Å². The Kier molecular flexibility index (Phi) is 6.70. The smallest absolute Gasteiger partial charge is 0.264 e. The zero-order valence-electron chi connectivity index (χ0n) is 19.8. The van der Waals surface area contributed by atoms with Crippen molar-refractivity contribution in [3.05, 3.63) is 65.4 Å². The maximum Gasteiger partial charge on any atom is 0.264 e. The van der Waals surface area contributed by atoms with Crippen LogP contribution in [0.15, 0.2) is 43.4 Å². The van der Waals surface area contributed by atoms with Crippen LogP contribution in [0.5, 0.6) is 0 Å². The molecule has 10 nitrogen and oxygen atoms in total. The van der Waals surface area contributed by atoms with Crippen molar-refractivity contribution in [3.8, 4) is 0 Å². The van der Waals surface area contributed by atoms with Crippen LogP contribution in [0.25, 0.3) is 32.3 Å². The average Bonchev–Trinajstić information content (AvgIpc) is 3.11. The first-order chi connectivity index (χ1) is 16.7. The fourth-order valence-electron chi connectivity index (χ4n) is 4.40. The molecule has 184 valence electrons. The van der Waals surface area contributed by atoms with Gasteiger partial charge < -0.3 is 25.7 Å². The SMILES string of the molecule is COCCOCC(C)OCC(C)n1c(=O)c2c(N)c3c(=O)c4ccccc4c(=O)c3c(N)c2c1=O. The number of rotatable bonds is 9. The molecule has 0 aliphatic carbocycles. The second kappa shape index (κ2) is 9.57. The molecule has 0 radical (unpaired) electrons. The van der Waals surface area contributed by atoms with E-state index in [0.29, 0.717) is 19.8 Å². The molecule has 2 atom stereocenters. The number of nitrogens with zero attached hydrogens (tertiary/aromatic N) is 1. The molecule has 1 heterocycles. The lowest BCUT2D eigenvalue weighted by Gasteiger charge is -2.17. The molecule has 0 fully saturated rings. The summed E-state index contributed by atoms with van der Waals surface area (Å²) in [5.74, 6) is 0. The summed E-state index contributed by atoms with van der Waals surface area (Å²) in [6, 6.07) is 5.62. The van der Waals surface area contributed by atoms with Gasteiger partial charge in [-0.2, -0.15) is 0 Å². The van der Waals surface area contributed by atoms with Crippen molar-refractivity contribution in [1.82, 2.24) is 4.57 Å². The predicted octanol–water partition coefficient (Wildman–Crippen LogP) is 1.06. The quantitative estimate of drug-likeness (QED) is 0.155. The van der Waals surface area contributed by atoms with Crippen molar-refractivity contribution >= 4 is 43.7 Å². The van der Waals surface area contributed by atoms with E-state index in [0.717, 1.165) is 4.57 Å². The summed E-state index contributed by atoms with van der Waals surface area (Å²) in [4.78, 5) is 53.0. The van der Waals surface area contributed by atoms with Gasteiger partial charge in [-0.1, -0.05) is 24.3 Å². The standard InChI is InChI=1S/C25H27N3O7/c1-12(10-35-13(2)11-34-9-8-33-3)28-24(31)18-19(25(28)32)21(27)17-16(20(18)26)22(29)14-6-4-5-7-15(14)23(17)30/h4-7,12-13H,8-11,26-27H2,1-3H3. The lowest BCUT2D eigenvalue weighted by molar-refractivity contribution is -0.0266. The van der Waals surface area contributed by atoms with E-state index in [-0.39, 0.29) is 56.4 Å². The van der Waals surface area contributed by atoms with Crippen LogP contribution in [0.4, 0.5) is 11.4 Å². The monoisotopic (exact) mass is 481 g/mol. The summed E-state index contributed by atoms with van der Waals surface area (Å²) in [5.41, 5.74) is 9.70. The number of nitrogens with two attached hydrogens (primary N) is 2. The molecular weight excluding hydrogens is 454 g/mol. The summed E-state index contributed by atoms with van der Waals surface area (Å²) in [5, 5.41) is -0.247. The number of hydrogen-bond donors (Lipinski definition) is 2. The number of methoxy groups -OCH3 is 1. The second-order valence-corrected chi connectivity index (χ2v) is 8.57. The Morgan fingerprint density at radius 1 is 0.800 bits per heavy atom. The van der Waals surface area contributed by atoms with Gasteiger partial charge in [0.2, 0.25) is 0 Å². The van der Waals surface area contributed by atoms with Crippen molar-refractivity contribution in [3.63, 3.8) is 0 Å². The Balaban J connectivity index is 1.82. The zero-order chi connectivity index (χ0) is 25.4. The van der Waals surface area contributed by atoms with E-state index in [2.05, 4.69) is 0 Å². The van der Waals surface area contributed by atoms with Crippen LogP contribution >= 0.6 is 0 Å². The van der Waals surface area contributed by atoms with Crippen LogP contribution in [0.2, 0.25) is 0 Å².